The average molecular weight is 235 g/mol. The fourth-order valence-electron chi connectivity index (χ4n) is 1.61. The lowest BCUT2D eigenvalue weighted by atomic mass is 10.00. The molecule has 1 aromatic carbocycles. The van der Waals surface area contributed by atoms with Crippen LogP contribution in [-0.2, 0) is 4.74 Å². The Labute approximate surface area is 103 Å². The van der Waals surface area contributed by atoms with E-state index in [0.29, 0.717) is 25.7 Å². The predicted molar refractivity (Wildman–Crippen MR) is 70.6 cm³/mol. The van der Waals surface area contributed by atoms with Gasteiger partial charge in [0.05, 0.1) is 26.4 Å². The van der Waals surface area contributed by atoms with Crippen LogP contribution in [0.1, 0.15) is 19.4 Å². The van der Waals surface area contributed by atoms with Gasteiger partial charge in [-0.15, -0.1) is 0 Å². The van der Waals surface area contributed by atoms with Gasteiger partial charge in [-0.05, 0) is 11.5 Å². The zero-order chi connectivity index (χ0) is 12.5. The van der Waals surface area contributed by atoms with Crippen molar-refractivity contribution in [2.24, 2.45) is 10.9 Å². The second kappa shape index (κ2) is 7.98. The highest BCUT2D eigenvalue weighted by Crippen LogP contribution is 2.09. The summed E-state index contributed by atoms with van der Waals surface area (Å²) in [5.41, 5.74) is 2.28. The zero-order valence-electron chi connectivity index (χ0n) is 10.6. The largest absolute Gasteiger partial charge is 0.394 e. The first-order valence-corrected chi connectivity index (χ1v) is 6.04. The number of benzene rings is 1. The third-order valence-corrected chi connectivity index (χ3v) is 2.37. The molecule has 1 aromatic rings. The molecule has 94 valence electrons. The number of hydrogen-bond acceptors (Lipinski definition) is 3. The highest BCUT2D eigenvalue weighted by Gasteiger charge is 2.06. The standard InChI is InChI=1S/C14H21NO2/c1-12(2)14(13-6-4-3-5-7-13)15-8-10-17-11-9-16/h3-7,12,16H,8-11H2,1-2H3. The molecule has 1 N–H and O–H groups in total. The lowest BCUT2D eigenvalue weighted by Crippen LogP contribution is -2.12. The van der Waals surface area contributed by atoms with Gasteiger partial charge in [0.2, 0.25) is 0 Å². The third kappa shape index (κ3) is 5.11. The molecule has 3 nitrogen and oxygen atoms in total. The number of aliphatic hydroxyl groups is 1. The minimum Gasteiger partial charge on any atom is -0.394 e. The van der Waals surface area contributed by atoms with E-state index in [0.717, 1.165) is 5.71 Å². The van der Waals surface area contributed by atoms with E-state index in [2.05, 4.69) is 31.0 Å². The monoisotopic (exact) mass is 235 g/mol. The molecule has 1 rings (SSSR count). The third-order valence-electron chi connectivity index (χ3n) is 2.37. The molecule has 0 fully saturated rings. The number of aliphatic imine (C=N–C) groups is 1. The van der Waals surface area contributed by atoms with Crippen LogP contribution < -0.4 is 0 Å². The summed E-state index contributed by atoms with van der Waals surface area (Å²) >= 11 is 0. The number of aliphatic hydroxyl groups excluding tert-OH is 1. The van der Waals surface area contributed by atoms with Crippen molar-refractivity contribution >= 4 is 5.71 Å². The average Bonchev–Trinajstić information content (AvgIpc) is 2.34. The van der Waals surface area contributed by atoms with E-state index >= 15 is 0 Å². The Morgan fingerprint density at radius 2 is 1.94 bits per heavy atom. The Balaban J connectivity index is 2.57. The Hall–Kier alpha value is -1.19. The van der Waals surface area contributed by atoms with Gasteiger partial charge in [0.15, 0.2) is 0 Å². The highest BCUT2D eigenvalue weighted by atomic mass is 16.5. The van der Waals surface area contributed by atoms with Crippen LogP contribution in [-0.4, -0.2) is 37.2 Å². The van der Waals surface area contributed by atoms with Gasteiger partial charge < -0.3 is 9.84 Å². The predicted octanol–water partition coefficient (Wildman–Crippen LogP) is 2.14. The highest BCUT2D eigenvalue weighted by molar-refractivity contribution is 6.01. The second-order valence-corrected chi connectivity index (χ2v) is 4.12. The van der Waals surface area contributed by atoms with Crippen molar-refractivity contribution in [2.75, 3.05) is 26.4 Å². The number of hydrogen-bond donors (Lipinski definition) is 1. The van der Waals surface area contributed by atoms with Crippen LogP contribution in [0.2, 0.25) is 0 Å². The van der Waals surface area contributed by atoms with Gasteiger partial charge in [0.25, 0.3) is 0 Å². The maximum absolute atomic E-state index is 8.58. The Bertz CT molecular complexity index is 333. The normalized spacial score (nSPS) is 12.1. The van der Waals surface area contributed by atoms with E-state index in [4.69, 9.17) is 9.84 Å². The van der Waals surface area contributed by atoms with Crippen LogP contribution in [0.15, 0.2) is 35.3 Å². The van der Waals surface area contributed by atoms with Crippen molar-refractivity contribution in [2.45, 2.75) is 13.8 Å². The van der Waals surface area contributed by atoms with Crippen LogP contribution in [0.5, 0.6) is 0 Å². The summed E-state index contributed by atoms with van der Waals surface area (Å²) in [5.74, 6) is 0.398. The molecule has 0 unspecified atom stereocenters. The van der Waals surface area contributed by atoms with Gasteiger partial charge in [-0.3, -0.25) is 4.99 Å². The summed E-state index contributed by atoms with van der Waals surface area (Å²) in [6, 6.07) is 10.2. The van der Waals surface area contributed by atoms with Gasteiger partial charge in [0, 0.05) is 5.71 Å². The Morgan fingerprint density at radius 3 is 2.53 bits per heavy atom. The van der Waals surface area contributed by atoms with E-state index < -0.39 is 0 Å². The molecule has 0 bridgehead atoms. The zero-order valence-corrected chi connectivity index (χ0v) is 10.6. The van der Waals surface area contributed by atoms with Gasteiger partial charge in [-0.1, -0.05) is 44.2 Å². The quantitative estimate of drug-likeness (QED) is 0.581. The van der Waals surface area contributed by atoms with E-state index in [1.807, 2.05) is 18.2 Å². The van der Waals surface area contributed by atoms with Crippen LogP contribution in [0, 0.1) is 5.92 Å². The topological polar surface area (TPSA) is 41.8 Å². The van der Waals surface area contributed by atoms with E-state index in [9.17, 15) is 0 Å². The molecule has 0 spiro atoms. The fourth-order valence-corrected chi connectivity index (χ4v) is 1.61. The van der Waals surface area contributed by atoms with Crippen LogP contribution >= 0.6 is 0 Å². The van der Waals surface area contributed by atoms with E-state index in [-0.39, 0.29) is 6.61 Å². The SMILES string of the molecule is CC(C)C(=NCCOCCO)c1ccccc1. The molecule has 0 aliphatic carbocycles. The number of nitrogens with zero attached hydrogens (tertiary/aromatic N) is 1. The second-order valence-electron chi connectivity index (χ2n) is 4.12. The van der Waals surface area contributed by atoms with Crippen molar-refractivity contribution < 1.29 is 9.84 Å². The first-order chi connectivity index (χ1) is 8.25. The van der Waals surface area contributed by atoms with Crippen molar-refractivity contribution in [3.63, 3.8) is 0 Å². The minimum atomic E-state index is 0.0689. The van der Waals surface area contributed by atoms with Crippen molar-refractivity contribution in [1.82, 2.24) is 0 Å². The smallest absolute Gasteiger partial charge is 0.0698 e. The van der Waals surface area contributed by atoms with Crippen LogP contribution in [0.3, 0.4) is 0 Å². The summed E-state index contributed by atoms with van der Waals surface area (Å²) in [4.78, 5) is 4.58. The Kier molecular flexibility index (Phi) is 6.51. The lowest BCUT2D eigenvalue weighted by molar-refractivity contribution is 0.0978. The summed E-state index contributed by atoms with van der Waals surface area (Å²) in [6.45, 7) is 5.93. The fraction of sp³-hybridized carbons (Fsp3) is 0.500. The summed E-state index contributed by atoms with van der Waals surface area (Å²) in [5, 5.41) is 8.58. The summed E-state index contributed by atoms with van der Waals surface area (Å²) < 4.78 is 5.19. The van der Waals surface area contributed by atoms with Gasteiger partial charge in [-0.2, -0.15) is 0 Å². The molecule has 17 heavy (non-hydrogen) atoms. The Morgan fingerprint density at radius 1 is 1.24 bits per heavy atom. The molecule has 0 aromatic heterocycles. The summed E-state index contributed by atoms with van der Waals surface area (Å²) in [6.07, 6.45) is 0. The van der Waals surface area contributed by atoms with Crippen molar-refractivity contribution in [3.8, 4) is 0 Å². The molecule has 0 amide bonds. The van der Waals surface area contributed by atoms with E-state index in [1.54, 1.807) is 0 Å². The molecule has 0 radical (unpaired) electrons. The van der Waals surface area contributed by atoms with Crippen molar-refractivity contribution in [1.29, 1.82) is 0 Å². The first-order valence-electron chi connectivity index (χ1n) is 6.04. The molecular weight excluding hydrogens is 214 g/mol. The van der Waals surface area contributed by atoms with Gasteiger partial charge in [-0.25, -0.2) is 0 Å². The molecule has 0 saturated carbocycles. The molecular formula is C14H21NO2. The number of rotatable bonds is 7. The maximum atomic E-state index is 8.58. The molecule has 0 atom stereocenters. The lowest BCUT2D eigenvalue weighted by Gasteiger charge is -2.10. The molecule has 0 aliphatic rings. The van der Waals surface area contributed by atoms with Crippen molar-refractivity contribution in [3.05, 3.63) is 35.9 Å². The summed E-state index contributed by atoms with van der Waals surface area (Å²) in [7, 11) is 0. The van der Waals surface area contributed by atoms with E-state index in [1.165, 1.54) is 5.56 Å². The van der Waals surface area contributed by atoms with Crippen LogP contribution in [0.4, 0.5) is 0 Å². The maximum Gasteiger partial charge on any atom is 0.0698 e. The van der Waals surface area contributed by atoms with Crippen LogP contribution in [0.25, 0.3) is 0 Å². The number of ether oxygens (including phenoxy) is 1. The minimum absolute atomic E-state index is 0.0689. The molecule has 0 heterocycles. The van der Waals surface area contributed by atoms with Gasteiger partial charge in [0.1, 0.15) is 0 Å². The van der Waals surface area contributed by atoms with Gasteiger partial charge >= 0.3 is 0 Å². The molecule has 0 aliphatic heterocycles. The first kappa shape index (κ1) is 13.9. The molecule has 3 heteroatoms. The molecule has 0 saturated heterocycles.